The molecule has 4 nitrogen and oxygen atoms in total. The summed E-state index contributed by atoms with van der Waals surface area (Å²) in [6.07, 6.45) is 0. The molecule has 2 aliphatic heterocycles. The molecule has 2 atom stereocenters. The van der Waals surface area contributed by atoms with Crippen LogP contribution in [0.25, 0.3) is 0 Å². The molecule has 0 bridgehead atoms. The molecular formula is C16H36N4. The first-order chi connectivity index (χ1) is 9.13. The van der Waals surface area contributed by atoms with Crippen LogP contribution in [0.2, 0.25) is 0 Å². The van der Waals surface area contributed by atoms with Crippen LogP contribution in [0, 0.1) is 0 Å². The third-order valence-electron chi connectivity index (χ3n) is 5.12. The van der Waals surface area contributed by atoms with Gasteiger partial charge in [-0.25, -0.2) is 0 Å². The molecule has 0 N–H and O–H groups in total. The van der Waals surface area contributed by atoms with Crippen molar-refractivity contribution in [1.82, 2.24) is 19.6 Å². The number of nitrogens with zero attached hydrogens (tertiary/aromatic N) is 4. The van der Waals surface area contributed by atoms with Gasteiger partial charge in [-0.3, -0.25) is 4.90 Å². The Kier molecular flexibility index (Phi) is 6.45. The highest BCUT2D eigenvalue weighted by molar-refractivity contribution is 4.86. The van der Waals surface area contributed by atoms with Crippen LogP contribution in [0.5, 0.6) is 0 Å². The van der Waals surface area contributed by atoms with E-state index in [0.29, 0.717) is 5.54 Å². The maximum absolute atomic E-state index is 2.42. The van der Waals surface area contributed by atoms with E-state index in [0.717, 1.165) is 12.1 Å². The molecule has 0 unspecified atom stereocenters. The van der Waals surface area contributed by atoms with Gasteiger partial charge in [0.25, 0.3) is 0 Å². The summed E-state index contributed by atoms with van der Waals surface area (Å²) in [7, 11) is 8.80. The first kappa shape index (κ1) is 17.9. The zero-order valence-electron chi connectivity index (χ0n) is 15.0. The van der Waals surface area contributed by atoms with E-state index in [9.17, 15) is 0 Å². The maximum Gasteiger partial charge on any atom is 0.0277 e. The molecule has 0 amide bonds. The molecule has 2 rings (SSSR count). The highest BCUT2D eigenvalue weighted by atomic mass is 15.3. The monoisotopic (exact) mass is 284 g/mol. The second-order valence-corrected chi connectivity index (χ2v) is 7.55. The molecule has 2 aliphatic rings. The van der Waals surface area contributed by atoms with Crippen molar-refractivity contribution in [2.24, 2.45) is 0 Å². The zero-order chi connectivity index (χ0) is 15.5. The second-order valence-electron chi connectivity index (χ2n) is 7.55. The van der Waals surface area contributed by atoms with Gasteiger partial charge in [0.15, 0.2) is 0 Å². The van der Waals surface area contributed by atoms with Crippen LogP contribution in [0.4, 0.5) is 0 Å². The van der Waals surface area contributed by atoms with Crippen LogP contribution in [-0.4, -0.2) is 98.1 Å². The third-order valence-corrected chi connectivity index (χ3v) is 5.12. The first-order valence-electron chi connectivity index (χ1n) is 7.93. The Labute approximate surface area is 126 Å². The van der Waals surface area contributed by atoms with E-state index < -0.39 is 0 Å². The van der Waals surface area contributed by atoms with E-state index >= 15 is 0 Å². The SMILES string of the molecule is CN1CCN(C)C(C)(C)C1.C[C@@H]1CN(C)[C@@H](C)CN1C. The molecule has 0 radical (unpaired) electrons. The fourth-order valence-corrected chi connectivity index (χ4v) is 2.96. The van der Waals surface area contributed by atoms with Gasteiger partial charge in [-0.1, -0.05) is 0 Å². The maximum atomic E-state index is 2.42. The summed E-state index contributed by atoms with van der Waals surface area (Å²) in [5, 5.41) is 0. The minimum absolute atomic E-state index is 0.368. The van der Waals surface area contributed by atoms with Gasteiger partial charge in [0.05, 0.1) is 0 Å². The van der Waals surface area contributed by atoms with Gasteiger partial charge in [-0.15, -0.1) is 0 Å². The predicted molar refractivity (Wildman–Crippen MR) is 88.4 cm³/mol. The van der Waals surface area contributed by atoms with Crippen molar-refractivity contribution >= 4 is 0 Å². The molecule has 0 aliphatic carbocycles. The lowest BCUT2D eigenvalue weighted by Gasteiger charge is -2.44. The van der Waals surface area contributed by atoms with Gasteiger partial charge in [0.2, 0.25) is 0 Å². The predicted octanol–water partition coefficient (Wildman–Crippen LogP) is 1.28. The summed E-state index contributed by atoms with van der Waals surface area (Å²) in [4.78, 5) is 9.66. The summed E-state index contributed by atoms with van der Waals surface area (Å²) in [5.41, 5.74) is 0.368. The molecule has 20 heavy (non-hydrogen) atoms. The van der Waals surface area contributed by atoms with Gasteiger partial charge in [-0.2, -0.15) is 0 Å². The standard InChI is InChI=1S/2C8H18N2/c1-7-5-10(4)8(2)6-9(7)3;1-8(2)7-9(3)5-6-10(8)4/h7-8H,5-6H2,1-4H3;5-7H2,1-4H3/t7-,8+;. The van der Waals surface area contributed by atoms with E-state index in [4.69, 9.17) is 0 Å². The van der Waals surface area contributed by atoms with Gasteiger partial charge in [0, 0.05) is 50.3 Å². The van der Waals surface area contributed by atoms with Crippen molar-refractivity contribution in [1.29, 1.82) is 0 Å². The number of hydrogen-bond donors (Lipinski definition) is 0. The normalized spacial score (nSPS) is 33.6. The Balaban J connectivity index is 0.000000200. The quantitative estimate of drug-likeness (QED) is 0.664. The lowest BCUT2D eigenvalue weighted by atomic mass is 10.0. The number of hydrogen-bond acceptors (Lipinski definition) is 4. The molecule has 0 spiro atoms. The summed E-state index contributed by atoms with van der Waals surface area (Å²) in [6, 6.07) is 1.45. The lowest BCUT2D eigenvalue weighted by molar-refractivity contribution is 0.0541. The van der Waals surface area contributed by atoms with E-state index in [1.54, 1.807) is 0 Å². The highest BCUT2D eigenvalue weighted by Gasteiger charge is 2.28. The molecule has 4 heteroatoms. The molecule has 0 saturated carbocycles. The molecule has 0 aromatic rings. The number of likely N-dealkylation sites (N-methyl/N-ethyl adjacent to an activating group) is 4. The molecule has 0 aromatic heterocycles. The number of piperazine rings is 2. The minimum atomic E-state index is 0.368. The molecular weight excluding hydrogens is 248 g/mol. The van der Waals surface area contributed by atoms with Crippen molar-refractivity contribution in [2.45, 2.75) is 45.3 Å². The molecule has 2 saturated heterocycles. The van der Waals surface area contributed by atoms with Gasteiger partial charge >= 0.3 is 0 Å². The average molecular weight is 284 g/mol. The Hall–Kier alpha value is -0.160. The highest BCUT2D eigenvalue weighted by Crippen LogP contribution is 2.16. The van der Waals surface area contributed by atoms with Crippen molar-refractivity contribution in [3.8, 4) is 0 Å². The van der Waals surface area contributed by atoms with Gasteiger partial charge in [-0.05, 0) is 55.9 Å². The van der Waals surface area contributed by atoms with Crippen LogP contribution in [0.1, 0.15) is 27.7 Å². The van der Waals surface area contributed by atoms with Crippen molar-refractivity contribution in [3.05, 3.63) is 0 Å². The van der Waals surface area contributed by atoms with Gasteiger partial charge < -0.3 is 14.7 Å². The summed E-state index contributed by atoms with van der Waals surface area (Å²) >= 11 is 0. The van der Waals surface area contributed by atoms with Crippen LogP contribution < -0.4 is 0 Å². The average Bonchev–Trinajstić information content (AvgIpc) is 2.32. The van der Waals surface area contributed by atoms with E-state index in [2.05, 4.69) is 75.5 Å². The van der Waals surface area contributed by atoms with Crippen molar-refractivity contribution < 1.29 is 0 Å². The lowest BCUT2D eigenvalue weighted by Crippen LogP contribution is -2.56. The van der Waals surface area contributed by atoms with E-state index in [-0.39, 0.29) is 0 Å². The smallest absolute Gasteiger partial charge is 0.0277 e. The minimum Gasteiger partial charge on any atom is -0.303 e. The van der Waals surface area contributed by atoms with Crippen molar-refractivity contribution in [2.75, 3.05) is 60.9 Å². The fourth-order valence-electron chi connectivity index (χ4n) is 2.96. The second kappa shape index (κ2) is 7.21. The van der Waals surface area contributed by atoms with E-state index in [1.165, 1.54) is 32.7 Å². The topological polar surface area (TPSA) is 13.0 Å². The molecule has 120 valence electrons. The molecule has 2 fully saturated rings. The number of rotatable bonds is 0. The van der Waals surface area contributed by atoms with Crippen LogP contribution in [-0.2, 0) is 0 Å². The van der Waals surface area contributed by atoms with E-state index in [1.807, 2.05) is 0 Å². The molecule has 2 heterocycles. The summed E-state index contributed by atoms with van der Waals surface area (Å²) < 4.78 is 0. The van der Waals surface area contributed by atoms with Crippen molar-refractivity contribution in [3.63, 3.8) is 0 Å². The summed E-state index contributed by atoms with van der Waals surface area (Å²) in [5.74, 6) is 0. The van der Waals surface area contributed by atoms with Gasteiger partial charge in [0.1, 0.15) is 0 Å². The first-order valence-corrected chi connectivity index (χ1v) is 7.93. The van der Waals surface area contributed by atoms with Crippen LogP contribution in [0.3, 0.4) is 0 Å². The zero-order valence-corrected chi connectivity index (χ0v) is 15.0. The Morgan fingerprint density at radius 3 is 1.60 bits per heavy atom. The fraction of sp³-hybridized carbons (Fsp3) is 1.00. The Morgan fingerprint density at radius 2 is 1.25 bits per heavy atom. The Morgan fingerprint density at radius 1 is 0.800 bits per heavy atom. The van der Waals surface area contributed by atoms with Crippen LogP contribution in [0.15, 0.2) is 0 Å². The third kappa shape index (κ3) is 4.99. The van der Waals surface area contributed by atoms with Crippen LogP contribution >= 0.6 is 0 Å². The largest absolute Gasteiger partial charge is 0.303 e. The Bertz CT molecular complexity index is 266. The summed E-state index contributed by atoms with van der Waals surface area (Å²) in [6.45, 7) is 15.2. The molecule has 0 aromatic carbocycles.